The van der Waals surface area contributed by atoms with E-state index < -0.39 is 5.97 Å². The number of carboxylic acid groups (broad SMARTS) is 1. The zero-order valence-electron chi connectivity index (χ0n) is 21.2. The smallest absolute Gasteiger partial charge is 0.341 e. The van der Waals surface area contributed by atoms with Gasteiger partial charge in [-0.25, -0.2) is 4.79 Å². The number of ether oxygens (including phenoxy) is 1. The molecule has 0 heterocycles. The van der Waals surface area contributed by atoms with Gasteiger partial charge in [0.15, 0.2) is 12.7 Å². The highest BCUT2D eigenvalue weighted by molar-refractivity contribution is 6.00. The van der Waals surface area contributed by atoms with E-state index in [1.807, 2.05) is 66.7 Å². The molecule has 38 heavy (non-hydrogen) atoms. The number of hydrogen-bond donors (Lipinski definition) is 1. The Hall–Kier alpha value is -4.38. The lowest BCUT2D eigenvalue weighted by atomic mass is 9.80. The molecule has 0 fully saturated rings. The fourth-order valence-electron chi connectivity index (χ4n) is 5.09. The molecule has 5 rings (SSSR count). The predicted molar refractivity (Wildman–Crippen MR) is 148 cm³/mol. The molecule has 5 nitrogen and oxygen atoms in total. The van der Waals surface area contributed by atoms with Gasteiger partial charge < -0.3 is 14.7 Å². The molecule has 0 spiro atoms. The number of carboxylic acids is 1. The number of aliphatic carboxylic acids is 1. The Labute approximate surface area is 223 Å². The van der Waals surface area contributed by atoms with Crippen LogP contribution in [-0.2, 0) is 22.5 Å². The topological polar surface area (TPSA) is 68.1 Å². The Morgan fingerprint density at radius 2 is 1.47 bits per heavy atom. The van der Waals surface area contributed by atoms with E-state index in [2.05, 4.69) is 42.5 Å². The van der Waals surface area contributed by atoms with Gasteiger partial charge in [0.1, 0.15) is 5.75 Å². The first-order chi connectivity index (χ1) is 18.7. The van der Waals surface area contributed by atoms with Gasteiger partial charge in [0.2, 0.25) is 0 Å². The summed E-state index contributed by atoms with van der Waals surface area (Å²) in [5, 5.41) is 13.8. The summed E-state index contributed by atoms with van der Waals surface area (Å²) in [4.78, 5) is 17.3. The maximum absolute atomic E-state index is 11.0. The summed E-state index contributed by atoms with van der Waals surface area (Å²) < 4.78 is 5.56. The summed E-state index contributed by atoms with van der Waals surface area (Å²) in [6, 6.07) is 36.5. The van der Waals surface area contributed by atoms with Crippen LogP contribution in [0.3, 0.4) is 0 Å². The number of benzene rings is 4. The van der Waals surface area contributed by atoms with Gasteiger partial charge >= 0.3 is 5.97 Å². The van der Waals surface area contributed by atoms with Gasteiger partial charge in [-0.3, -0.25) is 0 Å². The molecular formula is C33H31NO4. The van der Waals surface area contributed by atoms with E-state index >= 15 is 0 Å². The molecule has 1 aliphatic carbocycles. The lowest BCUT2D eigenvalue weighted by molar-refractivity contribution is -0.139. The first-order valence-corrected chi connectivity index (χ1v) is 13.0. The van der Waals surface area contributed by atoms with Crippen LogP contribution >= 0.6 is 0 Å². The standard InChI is InChI=1S/C33H31NO4/c35-32(36)23-37-31-18-10-17-28-21-24(19-20-29(28)31)22-30(25-11-4-1-5-12-25)34-38-33(26-13-6-2-7-14-26)27-15-8-3-9-16-27/h1-18,24,33H,19-23H2,(H,35,36)/b34-30+. The molecule has 4 aromatic carbocycles. The molecule has 1 atom stereocenters. The van der Waals surface area contributed by atoms with Gasteiger partial charge in [0.25, 0.3) is 0 Å². The SMILES string of the molecule is O=C(O)COc1cccc2c1CCC(C/C(=N\OC(c1ccccc1)c1ccccc1)c1ccccc1)C2. The lowest BCUT2D eigenvalue weighted by Crippen LogP contribution is -2.20. The molecular weight excluding hydrogens is 474 g/mol. The number of nitrogens with zero attached hydrogens (tertiary/aromatic N) is 1. The Kier molecular flexibility index (Phi) is 8.14. The van der Waals surface area contributed by atoms with Crippen LogP contribution in [0.25, 0.3) is 0 Å². The molecule has 1 N–H and O–H groups in total. The van der Waals surface area contributed by atoms with E-state index in [-0.39, 0.29) is 12.7 Å². The van der Waals surface area contributed by atoms with Gasteiger partial charge in [-0.15, -0.1) is 0 Å². The maximum atomic E-state index is 11.0. The fraction of sp³-hybridized carbons (Fsp3) is 0.212. The van der Waals surface area contributed by atoms with Gasteiger partial charge in [-0.1, -0.05) is 108 Å². The zero-order chi connectivity index (χ0) is 26.2. The van der Waals surface area contributed by atoms with Crippen LogP contribution in [0.15, 0.2) is 114 Å². The van der Waals surface area contributed by atoms with Crippen molar-refractivity contribution in [2.75, 3.05) is 6.61 Å². The minimum atomic E-state index is -0.968. The van der Waals surface area contributed by atoms with Gasteiger partial charge in [-0.05, 0) is 65.5 Å². The van der Waals surface area contributed by atoms with Crippen LogP contribution in [0.2, 0.25) is 0 Å². The van der Waals surface area contributed by atoms with Gasteiger partial charge in [-0.2, -0.15) is 0 Å². The lowest BCUT2D eigenvalue weighted by Gasteiger charge is -2.27. The summed E-state index contributed by atoms with van der Waals surface area (Å²) in [6.07, 6.45) is 3.16. The van der Waals surface area contributed by atoms with Crippen LogP contribution in [0.5, 0.6) is 5.75 Å². The molecule has 0 aromatic heterocycles. The van der Waals surface area contributed by atoms with Crippen molar-refractivity contribution in [2.45, 2.75) is 31.8 Å². The van der Waals surface area contributed by atoms with Gasteiger partial charge in [0, 0.05) is 0 Å². The van der Waals surface area contributed by atoms with E-state index in [9.17, 15) is 4.79 Å². The largest absolute Gasteiger partial charge is 0.482 e. The number of hydrogen-bond acceptors (Lipinski definition) is 4. The number of fused-ring (bicyclic) bond motifs is 1. The number of oxime groups is 1. The van der Waals surface area contributed by atoms with Crippen molar-refractivity contribution in [3.05, 3.63) is 137 Å². The van der Waals surface area contributed by atoms with Crippen molar-refractivity contribution in [3.8, 4) is 5.75 Å². The molecule has 0 bridgehead atoms. The first kappa shape index (κ1) is 25.3. The average molecular weight is 506 g/mol. The van der Waals surface area contributed by atoms with Crippen LogP contribution < -0.4 is 4.74 Å². The van der Waals surface area contributed by atoms with E-state index in [0.29, 0.717) is 11.7 Å². The second kappa shape index (κ2) is 12.2. The van der Waals surface area contributed by atoms with Gasteiger partial charge in [0.05, 0.1) is 5.71 Å². The molecule has 1 aliphatic rings. The zero-order valence-corrected chi connectivity index (χ0v) is 21.2. The minimum Gasteiger partial charge on any atom is -0.482 e. The molecule has 0 saturated carbocycles. The minimum absolute atomic E-state index is 0.308. The van der Waals surface area contributed by atoms with Crippen molar-refractivity contribution in [2.24, 2.45) is 11.1 Å². The van der Waals surface area contributed by atoms with Crippen LogP contribution in [0.4, 0.5) is 0 Å². The van der Waals surface area contributed by atoms with Crippen LogP contribution in [0.1, 0.15) is 46.8 Å². The van der Waals surface area contributed by atoms with Crippen molar-refractivity contribution < 1.29 is 19.5 Å². The summed E-state index contributed by atoms with van der Waals surface area (Å²) in [6.45, 7) is -0.327. The summed E-state index contributed by atoms with van der Waals surface area (Å²) >= 11 is 0. The Morgan fingerprint density at radius 3 is 2.11 bits per heavy atom. The summed E-state index contributed by atoms with van der Waals surface area (Å²) in [7, 11) is 0. The Bertz CT molecular complexity index is 1330. The summed E-state index contributed by atoms with van der Waals surface area (Å²) in [5.74, 6) is 0.0909. The monoisotopic (exact) mass is 505 g/mol. The fourth-order valence-corrected chi connectivity index (χ4v) is 5.09. The van der Waals surface area contributed by atoms with Crippen molar-refractivity contribution in [3.63, 3.8) is 0 Å². The molecule has 0 saturated heterocycles. The number of rotatable bonds is 10. The molecule has 1 unspecified atom stereocenters. The molecule has 0 aliphatic heterocycles. The second-order valence-corrected chi connectivity index (χ2v) is 9.60. The molecule has 192 valence electrons. The molecule has 0 amide bonds. The summed E-state index contributed by atoms with van der Waals surface area (Å²) in [5.41, 5.74) is 6.41. The Morgan fingerprint density at radius 1 is 0.842 bits per heavy atom. The normalized spacial score (nSPS) is 15.1. The van der Waals surface area contributed by atoms with Crippen molar-refractivity contribution in [1.82, 2.24) is 0 Å². The third-order valence-electron chi connectivity index (χ3n) is 6.95. The van der Waals surface area contributed by atoms with E-state index in [4.69, 9.17) is 19.8 Å². The van der Waals surface area contributed by atoms with E-state index in [0.717, 1.165) is 53.6 Å². The highest BCUT2D eigenvalue weighted by atomic mass is 16.6. The van der Waals surface area contributed by atoms with E-state index in [1.165, 1.54) is 5.56 Å². The maximum Gasteiger partial charge on any atom is 0.341 e. The van der Waals surface area contributed by atoms with Crippen molar-refractivity contribution >= 4 is 11.7 Å². The quantitative estimate of drug-likeness (QED) is 0.189. The van der Waals surface area contributed by atoms with Crippen LogP contribution in [0, 0.1) is 5.92 Å². The van der Waals surface area contributed by atoms with Crippen LogP contribution in [-0.4, -0.2) is 23.4 Å². The molecule has 5 heteroatoms. The third kappa shape index (κ3) is 6.30. The highest BCUT2D eigenvalue weighted by Gasteiger charge is 2.24. The second-order valence-electron chi connectivity index (χ2n) is 9.60. The third-order valence-corrected chi connectivity index (χ3v) is 6.95. The van der Waals surface area contributed by atoms with Crippen molar-refractivity contribution in [1.29, 1.82) is 0 Å². The predicted octanol–water partition coefficient (Wildman–Crippen LogP) is 6.86. The first-order valence-electron chi connectivity index (χ1n) is 13.0. The average Bonchev–Trinajstić information content (AvgIpc) is 2.97. The molecule has 0 radical (unpaired) electrons. The highest BCUT2D eigenvalue weighted by Crippen LogP contribution is 2.34. The Balaban J connectivity index is 1.39. The number of carbonyl (C=O) groups is 1. The van der Waals surface area contributed by atoms with E-state index in [1.54, 1.807) is 0 Å². The molecule has 4 aromatic rings.